The first-order chi connectivity index (χ1) is 13.8. The van der Waals surface area contributed by atoms with Crippen LogP contribution in [-0.2, 0) is 16.1 Å². The van der Waals surface area contributed by atoms with E-state index in [0.29, 0.717) is 23.7 Å². The van der Waals surface area contributed by atoms with Gasteiger partial charge in [0.15, 0.2) is 0 Å². The van der Waals surface area contributed by atoms with Gasteiger partial charge in [-0.05, 0) is 57.5 Å². The molecule has 0 aliphatic rings. The number of hydrogen-bond acceptors (Lipinski definition) is 3. The average Bonchev–Trinajstić information content (AvgIpc) is 2.66. The van der Waals surface area contributed by atoms with Crippen LogP contribution in [0.2, 0.25) is 5.02 Å². The number of aryl methyl sites for hydroxylation is 1. The highest BCUT2D eigenvalue weighted by molar-refractivity contribution is 7.99. The number of nitrogens with one attached hydrogen (secondary N) is 1. The highest BCUT2D eigenvalue weighted by Gasteiger charge is 2.26. The van der Waals surface area contributed by atoms with Gasteiger partial charge in [0.25, 0.3) is 0 Å². The zero-order valence-electron chi connectivity index (χ0n) is 17.4. The van der Waals surface area contributed by atoms with Crippen molar-refractivity contribution in [3.8, 4) is 0 Å². The summed E-state index contributed by atoms with van der Waals surface area (Å²) in [6, 6.07) is 15.1. The Morgan fingerprint density at radius 1 is 1.10 bits per heavy atom. The number of carbonyl (C=O) groups is 2. The average molecular weight is 433 g/mol. The third-order valence-corrected chi connectivity index (χ3v) is 5.69. The molecule has 2 aromatic rings. The number of thioether (sulfide) groups is 1. The van der Waals surface area contributed by atoms with E-state index >= 15 is 0 Å². The lowest BCUT2D eigenvalue weighted by atomic mass is 10.1. The lowest BCUT2D eigenvalue weighted by molar-refractivity contribution is -0.140. The Morgan fingerprint density at radius 2 is 1.79 bits per heavy atom. The van der Waals surface area contributed by atoms with Gasteiger partial charge in [-0.25, -0.2) is 0 Å². The molecule has 29 heavy (non-hydrogen) atoms. The maximum Gasteiger partial charge on any atom is 0.242 e. The zero-order valence-corrected chi connectivity index (χ0v) is 19.0. The summed E-state index contributed by atoms with van der Waals surface area (Å²) in [5.41, 5.74) is 2.12. The molecule has 156 valence electrons. The van der Waals surface area contributed by atoms with Crippen molar-refractivity contribution in [2.75, 3.05) is 5.75 Å². The van der Waals surface area contributed by atoms with Crippen LogP contribution in [0.4, 0.5) is 0 Å². The first kappa shape index (κ1) is 23.3. The second-order valence-electron chi connectivity index (χ2n) is 7.40. The van der Waals surface area contributed by atoms with E-state index in [0.717, 1.165) is 10.5 Å². The molecule has 0 aromatic heterocycles. The first-order valence-corrected chi connectivity index (χ1v) is 11.2. The van der Waals surface area contributed by atoms with Crippen LogP contribution in [0, 0.1) is 6.92 Å². The highest BCUT2D eigenvalue weighted by Crippen LogP contribution is 2.21. The molecule has 0 bridgehead atoms. The van der Waals surface area contributed by atoms with Crippen LogP contribution in [0.25, 0.3) is 0 Å². The van der Waals surface area contributed by atoms with Gasteiger partial charge in [0.05, 0.1) is 0 Å². The minimum Gasteiger partial charge on any atom is -0.352 e. The Morgan fingerprint density at radius 3 is 2.41 bits per heavy atom. The molecule has 0 fully saturated rings. The Hall–Kier alpha value is -1.98. The van der Waals surface area contributed by atoms with Crippen molar-refractivity contribution in [2.45, 2.75) is 57.6 Å². The molecule has 2 rings (SSSR count). The largest absolute Gasteiger partial charge is 0.352 e. The van der Waals surface area contributed by atoms with Gasteiger partial charge in [0, 0.05) is 34.7 Å². The normalized spacial score (nSPS) is 11.9. The SMILES string of the molecule is Cc1ccc(SCCC(=O)N(Cc2cccc(Cl)c2)C(C)C(=O)NC(C)C)cc1. The van der Waals surface area contributed by atoms with Gasteiger partial charge >= 0.3 is 0 Å². The van der Waals surface area contributed by atoms with Gasteiger partial charge in [0.1, 0.15) is 6.04 Å². The molecule has 0 spiro atoms. The number of benzene rings is 2. The van der Waals surface area contributed by atoms with E-state index in [2.05, 4.69) is 36.5 Å². The third-order valence-electron chi connectivity index (χ3n) is 4.45. The molecule has 4 nitrogen and oxygen atoms in total. The second kappa shape index (κ2) is 11.3. The molecule has 0 saturated carbocycles. The summed E-state index contributed by atoms with van der Waals surface area (Å²) in [5, 5.41) is 3.51. The Bertz CT molecular complexity index is 824. The molecule has 1 atom stereocenters. The molecule has 0 saturated heterocycles. The van der Waals surface area contributed by atoms with E-state index in [-0.39, 0.29) is 17.9 Å². The van der Waals surface area contributed by atoms with Gasteiger partial charge in [-0.1, -0.05) is 41.4 Å². The van der Waals surface area contributed by atoms with E-state index in [4.69, 9.17) is 11.6 Å². The minimum atomic E-state index is -0.562. The van der Waals surface area contributed by atoms with Crippen molar-refractivity contribution in [1.82, 2.24) is 10.2 Å². The van der Waals surface area contributed by atoms with Crippen LogP contribution in [0.1, 0.15) is 38.3 Å². The number of halogens is 1. The van der Waals surface area contributed by atoms with Crippen LogP contribution in [0.3, 0.4) is 0 Å². The Kier molecular flexibility index (Phi) is 9.05. The van der Waals surface area contributed by atoms with Crippen molar-refractivity contribution >= 4 is 35.2 Å². The van der Waals surface area contributed by atoms with Crippen LogP contribution >= 0.6 is 23.4 Å². The molecule has 1 unspecified atom stereocenters. The maximum absolute atomic E-state index is 13.0. The monoisotopic (exact) mass is 432 g/mol. The second-order valence-corrected chi connectivity index (χ2v) is 9.01. The Balaban J connectivity index is 2.06. The smallest absolute Gasteiger partial charge is 0.242 e. The van der Waals surface area contributed by atoms with Gasteiger partial charge in [-0.3, -0.25) is 9.59 Å². The fourth-order valence-corrected chi connectivity index (χ4v) is 3.91. The predicted molar refractivity (Wildman–Crippen MR) is 121 cm³/mol. The Labute approximate surface area is 183 Å². The van der Waals surface area contributed by atoms with Gasteiger partial charge in [0.2, 0.25) is 11.8 Å². The van der Waals surface area contributed by atoms with E-state index in [1.165, 1.54) is 5.56 Å². The minimum absolute atomic E-state index is 0.0187. The molecular weight excluding hydrogens is 404 g/mol. The summed E-state index contributed by atoms with van der Waals surface area (Å²) in [6.45, 7) is 7.99. The molecule has 0 radical (unpaired) electrons. The highest BCUT2D eigenvalue weighted by atomic mass is 35.5. The van der Waals surface area contributed by atoms with Gasteiger partial charge in [-0.2, -0.15) is 0 Å². The number of carbonyl (C=O) groups excluding carboxylic acids is 2. The molecule has 6 heteroatoms. The number of hydrogen-bond donors (Lipinski definition) is 1. The van der Waals surface area contributed by atoms with Crippen LogP contribution in [0.15, 0.2) is 53.4 Å². The summed E-state index contributed by atoms with van der Waals surface area (Å²) >= 11 is 7.74. The predicted octanol–water partition coefficient (Wildman–Crippen LogP) is 5.07. The molecular formula is C23H29ClN2O2S. The van der Waals surface area contributed by atoms with Gasteiger partial charge in [-0.15, -0.1) is 11.8 Å². The number of nitrogens with zero attached hydrogens (tertiary/aromatic N) is 1. The van der Waals surface area contributed by atoms with E-state index < -0.39 is 6.04 Å². The molecule has 0 aliphatic carbocycles. The molecule has 0 aliphatic heterocycles. The summed E-state index contributed by atoms with van der Waals surface area (Å²) < 4.78 is 0. The number of rotatable bonds is 9. The number of amides is 2. The van der Waals surface area contributed by atoms with Crippen molar-refractivity contribution in [2.24, 2.45) is 0 Å². The quantitative estimate of drug-likeness (QED) is 0.562. The third kappa shape index (κ3) is 7.75. The summed E-state index contributed by atoms with van der Waals surface area (Å²) in [6.07, 6.45) is 0.360. The standard InChI is InChI=1S/C23H29ClN2O2S/c1-16(2)25-23(28)18(4)26(15-19-6-5-7-20(24)14-19)22(27)12-13-29-21-10-8-17(3)9-11-21/h5-11,14,16,18H,12-13,15H2,1-4H3,(H,25,28). The maximum atomic E-state index is 13.0. The summed E-state index contributed by atoms with van der Waals surface area (Å²) in [5.74, 6) is 0.462. The lowest BCUT2D eigenvalue weighted by Crippen LogP contribution is -2.49. The van der Waals surface area contributed by atoms with E-state index in [9.17, 15) is 9.59 Å². The topological polar surface area (TPSA) is 49.4 Å². The summed E-state index contributed by atoms with van der Waals surface area (Å²) in [7, 11) is 0. The molecule has 2 aromatic carbocycles. The van der Waals surface area contributed by atoms with Crippen LogP contribution in [0.5, 0.6) is 0 Å². The fraction of sp³-hybridized carbons (Fsp3) is 0.391. The van der Waals surface area contributed by atoms with Crippen LogP contribution in [-0.4, -0.2) is 34.6 Å². The van der Waals surface area contributed by atoms with Crippen molar-refractivity contribution in [1.29, 1.82) is 0 Å². The van der Waals surface area contributed by atoms with Crippen molar-refractivity contribution in [3.63, 3.8) is 0 Å². The van der Waals surface area contributed by atoms with E-state index in [1.54, 1.807) is 29.7 Å². The van der Waals surface area contributed by atoms with Crippen LogP contribution < -0.4 is 5.32 Å². The first-order valence-electron chi connectivity index (χ1n) is 9.80. The van der Waals surface area contributed by atoms with Crippen molar-refractivity contribution < 1.29 is 9.59 Å². The fourth-order valence-electron chi connectivity index (χ4n) is 2.85. The molecule has 1 N–H and O–H groups in total. The molecule has 2 amide bonds. The molecule has 0 heterocycles. The van der Waals surface area contributed by atoms with Gasteiger partial charge < -0.3 is 10.2 Å². The van der Waals surface area contributed by atoms with E-state index in [1.807, 2.05) is 32.0 Å². The lowest BCUT2D eigenvalue weighted by Gasteiger charge is -2.29. The summed E-state index contributed by atoms with van der Waals surface area (Å²) in [4.78, 5) is 28.3. The zero-order chi connectivity index (χ0) is 21.4. The van der Waals surface area contributed by atoms with Crippen molar-refractivity contribution in [3.05, 3.63) is 64.7 Å².